The lowest BCUT2D eigenvalue weighted by Gasteiger charge is -2.35. The van der Waals surface area contributed by atoms with Crippen LogP contribution >= 0.6 is 0 Å². The molecule has 2 heterocycles. The van der Waals surface area contributed by atoms with Crippen LogP contribution in [0.15, 0.2) is 24.3 Å². The van der Waals surface area contributed by atoms with Crippen molar-refractivity contribution in [1.29, 1.82) is 0 Å². The Labute approximate surface area is 144 Å². The van der Waals surface area contributed by atoms with Gasteiger partial charge in [0.1, 0.15) is 11.8 Å². The third-order valence-electron chi connectivity index (χ3n) is 4.96. The molecule has 2 aliphatic rings. The Hall–Kier alpha value is -1.61. The SMILES string of the molecule is O=C(c1ccc(C(F)(F)F)cc1)N1CC[NH+]([C@@H]2CCS(=O)(=O)C2)CC1. The molecular weight excluding hydrogens is 357 g/mol. The summed E-state index contributed by atoms with van der Waals surface area (Å²) in [5.74, 6) is 0.150. The molecule has 0 radical (unpaired) electrons. The van der Waals surface area contributed by atoms with Crippen molar-refractivity contribution in [3.63, 3.8) is 0 Å². The number of benzene rings is 1. The van der Waals surface area contributed by atoms with E-state index in [2.05, 4.69) is 0 Å². The normalized spacial score (nSPS) is 24.4. The molecule has 1 N–H and O–H groups in total. The van der Waals surface area contributed by atoms with Crippen molar-refractivity contribution in [3.05, 3.63) is 35.4 Å². The number of hydrogen-bond donors (Lipinski definition) is 1. The molecule has 138 valence electrons. The molecule has 0 unspecified atom stereocenters. The number of nitrogens with zero attached hydrogens (tertiary/aromatic N) is 1. The second-order valence-corrected chi connectivity index (χ2v) is 8.85. The number of nitrogens with one attached hydrogen (secondary N) is 1. The maximum atomic E-state index is 12.6. The number of quaternary nitrogens is 1. The van der Waals surface area contributed by atoms with Crippen molar-refractivity contribution < 1.29 is 31.3 Å². The minimum Gasteiger partial charge on any atom is -0.329 e. The molecule has 25 heavy (non-hydrogen) atoms. The maximum Gasteiger partial charge on any atom is 0.416 e. The van der Waals surface area contributed by atoms with Crippen LogP contribution in [0.1, 0.15) is 22.3 Å². The molecule has 5 nitrogen and oxygen atoms in total. The molecule has 0 aromatic heterocycles. The van der Waals surface area contributed by atoms with Gasteiger partial charge in [0, 0.05) is 12.0 Å². The van der Waals surface area contributed by atoms with E-state index in [1.165, 1.54) is 17.0 Å². The highest BCUT2D eigenvalue weighted by Gasteiger charge is 2.37. The van der Waals surface area contributed by atoms with Gasteiger partial charge in [-0.25, -0.2) is 8.42 Å². The molecule has 3 rings (SSSR count). The molecule has 2 aliphatic heterocycles. The van der Waals surface area contributed by atoms with Crippen LogP contribution < -0.4 is 4.90 Å². The first kappa shape index (κ1) is 18.2. The minimum atomic E-state index is -4.42. The number of halogens is 3. The van der Waals surface area contributed by atoms with Crippen molar-refractivity contribution >= 4 is 15.7 Å². The molecule has 1 amide bonds. The van der Waals surface area contributed by atoms with Crippen LogP contribution in [0.5, 0.6) is 0 Å². The fourth-order valence-electron chi connectivity index (χ4n) is 3.51. The summed E-state index contributed by atoms with van der Waals surface area (Å²) in [6.45, 7) is 2.27. The molecule has 0 saturated carbocycles. The molecule has 2 fully saturated rings. The van der Waals surface area contributed by atoms with Crippen LogP contribution in [-0.2, 0) is 16.0 Å². The van der Waals surface area contributed by atoms with Crippen LogP contribution in [0.3, 0.4) is 0 Å². The summed E-state index contributed by atoms with van der Waals surface area (Å²) in [4.78, 5) is 15.2. The summed E-state index contributed by atoms with van der Waals surface area (Å²) < 4.78 is 60.9. The topological polar surface area (TPSA) is 58.9 Å². The third-order valence-corrected chi connectivity index (χ3v) is 6.73. The van der Waals surface area contributed by atoms with Gasteiger partial charge in [0.15, 0.2) is 9.84 Å². The van der Waals surface area contributed by atoms with E-state index >= 15 is 0 Å². The van der Waals surface area contributed by atoms with Crippen LogP contribution in [0.4, 0.5) is 13.2 Å². The van der Waals surface area contributed by atoms with Gasteiger partial charge in [0.2, 0.25) is 0 Å². The highest BCUT2D eigenvalue weighted by Crippen LogP contribution is 2.29. The highest BCUT2D eigenvalue weighted by molar-refractivity contribution is 7.91. The number of hydrogen-bond acceptors (Lipinski definition) is 3. The highest BCUT2D eigenvalue weighted by atomic mass is 32.2. The van der Waals surface area contributed by atoms with Crippen LogP contribution in [0.25, 0.3) is 0 Å². The molecule has 1 atom stereocenters. The summed E-state index contributed by atoms with van der Waals surface area (Å²) in [5.41, 5.74) is -0.541. The summed E-state index contributed by atoms with van der Waals surface area (Å²) in [7, 11) is -2.93. The second-order valence-electron chi connectivity index (χ2n) is 6.63. The van der Waals surface area contributed by atoms with E-state index in [1.807, 2.05) is 0 Å². The number of carbonyl (C=O) groups excluding carboxylic acids is 1. The fourth-order valence-corrected chi connectivity index (χ4v) is 5.33. The zero-order valence-electron chi connectivity index (χ0n) is 13.6. The monoisotopic (exact) mass is 377 g/mol. The van der Waals surface area contributed by atoms with E-state index in [9.17, 15) is 26.4 Å². The lowest BCUT2D eigenvalue weighted by molar-refractivity contribution is -0.925. The number of rotatable bonds is 2. The number of sulfone groups is 1. The van der Waals surface area contributed by atoms with Gasteiger partial charge in [0.05, 0.1) is 37.5 Å². The van der Waals surface area contributed by atoms with Crippen molar-refractivity contribution in [2.45, 2.75) is 18.6 Å². The second kappa shape index (κ2) is 6.60. The average Bonchev–Trinajstić information content (AvgIpc) is 2.94. The Morgan fingerprint density at radius 2 is 1.72 bits per heavy atom. The van der Waals surface area contributed by atoms with Gasteiger partial charge in [-0.05, 0) is 24.3 Å². The molecule has 0 spiro atoms. The van der Waals surface area contributed by atoms with E-state index in [4.69, 9.17) is 0 Å². The molecule has 0 aliphatic carbocycles. The van der Waals surface area contributed by atoms with Gasteiger partial charge in [-0.3, -0.25) is 4.79 Å². The van der Waals surface area contributed by atoms with Crippen molar-refractivity contribution in [2.75, 3.05) is 37.7 Å². The summed E-state index contributed by atoms with van der Waals surface area (Å²) in [6, 6.07) is 4.33. The van der Waals surface area contributed by atoms with Crippen molar-refractivity contribution in [3.8, 4) is 0 Å². The first-order valence-electron chi connectivity index (χ1n) is 8.17. The zero-order valence-corrected chi connectivity index (χ0v) is 14.4. The standard InChI is InChI=1S/C16H19F3N2O3S/c17-16(18,19)13-3-1-12(2-4-13)15(22)21-8-6-20(7-9-21)14-5-10-25(23,24)11-14/h1-4,14H,5-11H2/p+1/t14-/m1/s1. The van der Waals surface area contributed by atoms with E-state index in [0.29, 0.717) is 32.6 Å². The molecule has 2 saturated heterocycles. The third kappa shape index (κ3) is 4.14. The lowest BCUT2D eigenvalue weighted by Crippen LogP contribution is -3.18. The summed E-state index contributed by atoms with van der Waals surface area (Å²) in [5, 5.41) is 0. The largest absolute Gasteiger partial charge is 0.416 e. The van der Waals surface area contributed by atoms with Crippen LogP contribution in [0, 0.1) is 0 Å². The quantitative estimate of drug-likeness (QED) is 0.803. The predicted octanol–water partition coefficient (Wildman–Crippen LogP) is 0.233. The van der Waals surface area contributed by atoms with Gasteiger partial charge in [-0.15, -0.1) is 0 Å². The number of amides is 1. The molecular formula is C16H20F3N2O3S+. The first-order valence-corrected chi connectivity index (χ1v) is 9.99. The summed E-state index contributed by atoms with van der Waals surface area (Å²) in [6.07, 6.45) is -3.76. The Bertz CT molecular complexity index is 739. The fraction of sp³-hybridized carbons (Fsp3) is 0.562. The maximum absolute atomic E-state index is 12.6. The van der Waals surface area contributed by atoms with Crippen LogP contribution in [0.2, 0.25) is 0 Å². The molecule has 1 aromatic rings. The molecule has 0 bridgehead atoms. The van der Waals surface area contributed by atoms with E-state index in [1.54, 1.807) is 4.90 Å². The molecule has 1 aromatic carbocycles. The first-order chi connectivity index (χ1) is 11.7. The summed E-state index contributed by atoms with van der Waals surface area (Å²) >= 11 is 0. The van der Waals surface area contributed by atoms with Gasteiger partial charge in [-0.2, -0.15) is 13.2 Å². The Kier molecular flexibility index (Phi) is 4.80. The molecule has 9 heteroatoms. The van der Waals surface area contributed by atoms with E-state index in [-0.39, 0.29) is 29.0 Å². The van der Waals surface area contributed by atoms with Gasteiger partial charge < -0.3 is 9.80 Å². The minimum absolute atomic E-state index is 0.0910. The van der Waals surface area contributed by atoms with Crippen molar-refractivity contribution in [2.24, 2.45) is 0 Å². The van der Waals surface area contributed by atoms with Crippen LogP contribution in [-0.4, -0.2) is 63.0 Å². The number of alkyl halides is 3. The van der Waals surface area contributed by atoms with E-state index < -0.39 is 21.6 Å². The van der Waals surface area contributed by atoms with Gasteiger partial charge in [0.25, 0.3) is 5.91 Å². The number of piperazine rings is 1. The Morgan fingerprint density at radius 3 is 2.20 bits per heavy atom. The zero-order chi connectivity index (χ0) is 18.2. The average molecular weight is 377 g/mol. The van der Waals surface area contributed by atoms with Gasteiger partial charge in [-0.1, -0.05) is 0 Å². The van der Waals surface area contributed by atoms with E-state index in [0.717, 1.165) is 12.1 Å². The Morgan fingerprint density at radius 1 is 1.12 bits per heavy atom. The smallest absolute Gasteiger partial charge is 0.329 e. The number of carbonyl (C=O) groups is 1. The van der Waals surface area contributed by atoms with Crippen molar-refractivity contribution in [1.82, 2.24) is 4.90 Å². The van der Waals surface area contributed by atoms with Gasteiger partial charge >= 0.3 is 6.18 Å². The Balaban J connectivity index is 1.58. The lowest BCUT2D eigenvalue weighted by atomic mass is 10.1. The predicted molar refractivity (Wildman–Crippen MR) is 85.1 cm³/mol.